The lowest BCUT2D eigenvalue weighted by molar-refractivity contribution is -0.107. The average Bonchev–Trinajstić information content (AvgIpc) is 2.61. The molecular formula is C19H29N3O2. The zero-order valence-electron chi connectivity index (χ0n) is 14.6. The molecule has 1 saturated carbocycles. The van der Waals surface area contributed by atoms with Gasteiger partial charge in [-0.3, -0.25) is 4.98 Å². The molecule has 1 aromatic rings. The largest absolute Gasteiger partial charge is 0.375 e. The number of ether oxygens (including phenoxy) is 1. The summed E-state index contributed by atoms with van der Waals surface area (Å²) in [7, 11) is 0. The van der Waals surface area contributed by atoms with Crippen LogP contribution >= 0.6 is 0 Å². The van der Waals surface area contributed by atoms with Crippen molar-refractivity contribution in [2.75, 3.05) is 13.2 Å². The summed E-state index contributed by atoms with van der Waals surface area (Å²) in [5.41, 5.74) is 1.22. The van der Waals surface area contributed by atoms with Crippen molar-refractivity contribution in [3.8, 4) is 0 Å². The number of carbonyl (C=O) groups excluding carboxylic acids is 1. The average molecular weight is 331 g/mol. The zero-order chi connectivity index (χ0) is 16.8. The second kappa shape index (κ2) is 7.97. The van der Waals surface area contributed by atoms with E-state index in [2.05, 4.69) is 22.5 Å². The van der Waals surface area contributed by atoms with Crippen molar-refractivity contribution in [1.82, 2.24) is 15.6 Å². The molecule has 2 atom stereocenters. The van der Waals surface area contributed by atoms with Crippen LogP contribution in [0.2, 0.25) is 0 Å². The minimum Gasteiger partial charge on any atom is -0.375 e. The van der Waals surface area contributed by atoms with Gasteiger partial charge in [0.1, 0.15) is 0 Å². The van der Waals surface area contributed by atoms with Crippen LogP contribution < -0.4 is 10.6 Å². The van der Waals surface area contributed by atoms with E-state index >= 15 is 0 Å². The van der Waals surface area contributed by atoms with Gasteiger partial charge in [0.05, 0.1) is 5.60 Å². The Balaban J connectivity index is 1.44. The number of nitrogens with zero attached hydrogens (tertiary/aromatic N) is 1. The predicted molar refractivity (Wildman–Crippen MR) is 94.0 cm³/mol. The van der Waals surface area contributed by atoms with Crippen LogP contribution in [0.15, 0.2) is 24.5 Å². The van der Waals surface area contributed by atoms with Gasteiger partial charge in [0.2, 0.25) is 0 Å². The Morgan fingerprint density at radius 3 is 2.83 bits per heavy atom. The lowest BCUT2D eigenvalue weighted by Gasteiger charge is -2.43. The molecule has 2 unspecified atom stereocenters. The molecule has 2 heterocycles. The smallest absolute Gasteiger partial charge is 0.315 e. The van der Waals surface area contributed by atoms with Crippen molar-refractivity contribution in [2.24, 2.45) is 0 Å². The van der Waals surface area contributed by atoms with E-state index in [0.29, 0.717) is 6.54 Å². The molecule has 1 spiro atoms. The van der Waals surface area contributed by atoms with Crippen molar-refractivity contribution in [1.29, 1.82) is 0 Å². The number of hydrogen-bond donors (Lipinski definition) is 2. The van der Waals surface area contributed by atoms with Crippen LogP contribution in [0.1, 0.15) is 63.4 Å². The molecule has 0 radical (unpaired) electrons. The van der Waals surface area contributed by atoms with Gasteiger partial charge in [0.25, 0.3) is 0 Å². The molecule has 5 nitrogen and oxygen atoms in total. The van der Waals surface area contributed by atoms with E-state index in [0.717, 1.165) is 32.3 Å². The molecule has 1 saturated heterocycles. The Kier molecular flexibility index (Phi) is 5.72. The molecule has 0 bridgehead atoms. The van der Waals surface area contributed by atoms with Gasteiger partial charge in [-0.05, 0) is 49.3 Å². The number of rotatable bonds is 4. The maximum atomic E-state index is 12.2. The predicted octanol–water partition coefficient (Wildman–Crippen LogP) is 3.37. The fraction of sp³-hybridized carbons (Fsp3) is 0.684. The molecule has 3 rings (SSSR count). The summed E-state index contributed by atoms with van der Waals surface area (Å²) in [6.07, 6.45) is 11.6. The van der Waals surface area contributed by atoms with Crippen LogP contribution in [-0.4, -0.2) is 35.8 Å². The van der Waals surface area contributed by atoms with Crippen LogP contribution in [0.25, 0.3) is 0 Å². The first-order valence-corrected chi connectivity index (χ1v) is 9.25. The van der Waals surface area contributed by atoms with Crippen LogP contribution in [-0.2, 0) is 4.74 Å². The molecule has 5 heteroatoms. The third kappa shape index (κ3) is 4.47. The third-order valence-electron chi connectivity index (χ3n) is 5.44. The number of carbonyl (C=O) groups is 1. The summed E-state index contributed by atoms with van der Waals surface area (Å²) in [5, 5.41) is 6.16. The summed E-state index contributed by atoms with van der Waals surface area (Å²) in [4.78, 5) is 16.3. The molecule has 2 amide bonds. The number of hydrogen-bond acceptors (Lipinski definition) is 3. The first-order chi connectivity index (χ1) is 11.7. The number of amides is 2. The fourth-order valence-electron chi connectivity index (χ4n) is 3.99. The molecule has 0 aromatic carbocycles. The quantitative estimate of drug-likeness (QED) is 0.889. The van der Waals surface area contributed by atoms with Gasteiger partial charge in [-0.25, -0.2) is 4.79 Å². The highest BCUT2D eigenvalue weighted by Crippen LogP contribution is 2.38. The summed E-state index contributed by atoms with van der Waals surface area (Å²) in [6, 6.07) is 4.16. The standard InChI is InChI=1S/C19H29N3O2/c1-15(16-5-10-20-11-6-16)14-21-18(23)22-17-7-12-24-19(13-17)8-3-2-4-9-19/h5-6,10-11,15,17H,2-4,7-9,12-14H2,1H3,(H2,21,22,23). The van der Waals surface area contributed by atoms with Gasteiger partial charge in [-0.2, -0.15) is 0 Å². The molecule has 2 N–H and O–H groups in total. The van der Waals surface area contributed by atoms with Crippen LogP contribution in [0.4, 0.5) is 4.79 Å². The lowest BCUT2D eigenvalue weighted by Crippen LogP contribution is -2.51. The minimum absolute atomic E-state index is 0.0266. The molecule has 1 aromatic heterocycles. The van der Waals surface area contributed by atoms with Gasteiger partial charge in [0.15, 0.2) is 0 Å². The van der Waals surface area contributed by atoms with E-state index in [1.165, 1.54) is 24.8 Å². The highest BCUT2D eigenvalue weighted by Gasteiger charge is 2.38. The molecule has 132 valence electrons. The van der Waals surface area contributed by atoms with Crippen molar-refractivity contribution in [3.63, 3.8) is 0 Å². The second-order valence-corrected chi connectivity index (χ2v) is 7.32. The SMILES string of the molecule is CC(CNC(=O)NC1CCOC2(CCCCC2)C1)c1ccncc1. The second-order valence-electron chi connectivity index (χ2n) is 7.32. The Morgan fingerprint density at radius 1 is 1.33 bits per heavy atom. The van der Waals surface area contributed by atoms with E-state index in [1.807, 2.05) is 12.1 Å². The third-order valence-corrected chi connectivity index (χ3v) is 5.44. The van der Waals surface area contributed by atoms with Gasteiger partial charge in [-0.1, -0.05) is 26.2 Å². The molecular weight excluding hydrogens is 302 g/mol. The zero-order valence-corrected chi connectivity index (χ0v) is 14.6. The number of urea groups is 1. The van der Waals surface area contributed by atoms with Crippen molar-refractivity contribution in [3.05, 3.63) is 30.1 Å². The maximum absolute atomic E-state index is 12.2. The summed E-state index contributed by atoms with van der Waals surface area (Å²) in [5.74, 6) is 0.276. The van der Waals surface area contributed by atoms with Gasteiger partial charge in [0, 0.05) is 31.6 Å². The highest BCUT2D eigenvalue weighted by molar-refractivity contribution is 5.74. The van der Waals surface area contributed by atoms with Gasteiger partial charge >= 0.3 is 6.03 Å². The molecule has 1 aliphatic carbocycles. The van der Waals surface area contributed by atoms with Crippen LogP contribution in [0, 0.1) is 0 Å². The van der Waals surface area contributed by atoms with E-state index in [4.69, 9.17) is 4.74 Å². The minimum atomic E-state index is -0.0613. The normalized spacial score (nSPS) is 24.3. The topological polar surface area (TPSA) is 63.2 Å². The van der Waals surface area contributed by atoms with Gasteiger partial charge in [-0.15, -0.1) is 0 Å². The Bertz CT molecular complexity index is 523. The number of nitrogens with one attached hydrogen (secondary N) is 2. The molecule has 24 heavy (non-hydrogen) atoms. The molecule has 1 aliphatic heterocycles. The molecule has 2 aliphatic rings. The van der Waals surface area contributed by atoms with E-state index in [9.17, 15) is 4.79 Å². The highest BCUT2D eigenvalue weighted by atomic mass is 16.5. The van der Waals surface area contributed by atoms with Gasteiger partial charge < -0.3 is 15.4 Å². The monoisotopic (exact) mass is 331 g/mol. The van der Waals surface area contributed by atoms with Crippen LogP contribution in [0.3, 0.4) is 0 Å². The van der Waals surface area contributed by atoms with E-state index in [-0.39, 0.29) is 23.6 Å². The number of pyridine rings is 1. The first-order valence-electron chi connectivity index (χ1n) is 9.25. The van der Waals surface area contributed by atoms with Crippen molar-refractivity contribution < 1.29 is 9.53 Å². The lowest BCUT2D eigenvalue weighted by atomic mass is 9.78. The maximum Gasteiger partial charge on any atom is 0.315 e. The van der Waals surface area contributed by atoms with Crippen molar-refractivity contribution in [2.45, 2.75) is 69.4 Å². The Morgan fingerprint density at radius 2 is 2.08 bits per heavy atom. The van der Waals surface area contributed by atoms with E-state index in [1.54, 1.807) is 12.4 Å². The summed E-state index contributed by atoms with van der Waals surface area (Å²) < 4.78 is 6.10. The fourth-order valence-corrected chi connectivity index (χ4v) is 3.99. The summed E-state index contributed by atoms with van der Waals surface area (Å²) in [6.45, 7) is 3.50. The van der Waals surface area contributed by atoms with Crippen molar-refractivity contribution >= 4 is 6.03 Å². The number of aromatic nitrogens is 1. The Labute approximate surface area is 144 Å². The van der Waals surface area contributed by atoms with E-state index < -0.39 is 0 Å². The Hall–Kier alpha value is -1.62. The summed E-state index contributed by atoms with van der Waals surface area (Å²) >= 11 is 0. The first kappa shape index (κ1) is 17.2. The molecule has 2 fully saturated rings. The van der Waals surface area contributed by atoms with Crippen LogP contribution in [0.5, 0.6) is 0 Å².